The van der Waals surface area contributed by atoms with Crippen LogP contribution in [0.2, 0.25) is 0 Å². The molecule has 0 heterocycles. The maximum Gasteiger partial charge on any atom is 0.305 e. The molecule has 0 aliphatic rings. The standard InChI is InChI=1S/C25H38O6/c1-4-30-25(29)16-8-6-5-7-11-21(19(2)26)12-9-14-23(28)18-31-24-15-10-13-22(17-24)20(3)27/h10,13,15,17,21,23,28H,4-9,11-12,14,16,18H2,1-3H3. The average Bonchev–Trinajstić information content (AvgIpc) is 2.73. The smallest absolute Gasteiger partial charge is 0.305 e. The predicted molar refractivity (Wildman–Crippen MR) is 120 cm³/mol. The minimum atomic E-state index is -0.614. The Morgan fingerprint density at radius 2 is 1.68 bits per heavy atom. The molecule has 1 N–H and O–H groups in total. The van der Waals surface area contributed by atoms with Crippen molar-refractivity contribution in [2.75, 3.05) is 13.2 Å². The van der Waals surface area contributed by atoms with Crippen molar-refractivity contribution in [3.8, 4) is 5.75 Å². The summed E-state index contributed by atoms with van der Waals surface area (Å²) in [6, 6.07) is 6.92. The van der Waals surface area contributed by atoms with Gasteiger partial charge in [-0.15, -0.1) is 0 Å². The van der Waals surface area contributed by atoms with E-state index in [-0.39, 0.29) is 30.1 Å². The fraction of sp³-hybridized carbons (Fsp3) is 0.640. The van der Waals surface area contributed by atoms with Gasteiger partial charge in [0, 0.05) is 17.9 Å². The molecule has 0 fully saturated rings. The summed E-state index contributed by atoms with van der Waals surface area (Å²) in [5.74, 6) is 0.610. The van der Waals surface area contributed by atoms with Crippen molar-refractivity contribution in [2.24, 2.45) is 5.92 Å². The minimum Gasteiger partial charge on any atom is -0.491 e. The van der Waals surface area contributed by atoms with Gasteiger partial charge < -0.3 is 14.6 Å². The number of benzene rings is 1. The zero-order valence-corrected chi connectivity index (χ0v) is 19.2. The molecule has 1 aromatic rings. The lowest BCUT2D eigenvalue weighted by molar-refractivity contribution is -0.143. The summed E-state index contributed by atoms with van der Waals surface area (Å²) in [6.07, 6.45) is 6.52. The van der Waals surface area contributed by atoms with E-state index < -0.39 is 6.10 Å². The molecule has 174 valence electrons. The van der Waals surface area contributed by atoms with Gasteiger partial charge in [0.25, 0.3) is 0 Å². The average molecular weight is 435 g/mol. The van der Waals surface area contributed by atoms with Gasteiger partial charge in [0.1, 0.15) is 18.1 Å². The number of rotatable bonds is 17. The number of hydrogen-bond acceptors (Lipinski definition) is 6. The first-order valence-corrected chi connectivity index (χ1v) is 11.4. The van der Waals surface area contributed by atoms with E-state index in [0.717, 1.165) is 44.9 Å². The zero-order valence-electron chi connectivity index (χ0n) is 19.2. The predicted octanol–water partition coefficient (Wildman–Crippen LogP) is 4.91. The van der Waals surface area contributed by atoms with Crippen LogP contribution in [0.25, 0.3) is 0 Å². The summed E-state index contributed by atoms with van der Waals surface area (Å²) >= 11 is 0. The fourth-order valence-corrected chi connectivity index (χ4v) is 3.48. The number of aliphatic hydroxyl groups is 1. The molecule has 6 heteroatoms. The first-order valence-electron chi connectivity index (χ1n) is 11.4. The molecule has 0 spiro atoms. The maximum atomic E-state index is 11.9. The summed E-state index contributed by atoms with van der Waals surface area (Å²) in [5.41, 5.74) is 0.581. The topological polar surface area (TPSA) is 89.9 Å². The van der Waals surface area contributed by atoms with Gasteiger partial charge >= 0.3 is 5.97 Å². The normalized spacial score (nSPS) is 12.8. The van der Waals surface area contributed by atoms with Crippen molar-refractivity contribution < 1.29 is 29.0 Å². The number of Topliss-reactive ketones (excluding diaryl/α,β-unsaturated/α-hetero) is 2. The zero-order chi connectivity index (χ0) is 23.1. The van der Waals surface area contributed by atoms with Crippen LogP contribution >= 0.6 is 0 Å². The van der Waals surface area contributed by atoms with Crippen molar-refractivity contribution in [1.29, 1.82) is 0 Å². The Kier molecular flexibility index (Phi) is 13.5. The lowest BCUT2D eigenvalue weighted by Gasteiger charge is -2.16. The van der Waals surface area contributed by atoms with E-state index >= 15 is 0 Å². The van der Waals surface area contributed by atoms with Crippen LogP contribution in [-0.2, 0) is 14.3 Å². The summed E-state index contributed by atoms with van der Waals surface area (Å²) in [7, 11) is 0. The highest BCUT2D eigenvalue weighted by Crippen LogP contribution is 2.20. The Hall–Kier alpha value is -2.21. The van der Waals surface area contributed by atoms with E-state index in [4.69, 9.17) is 9.47 Å². The third-order valence-electron chi connectivity index (χ3n) is 5.34. The quantitative estimate of drug-likeness (QED) is 0.213. The number of unbranched alkanes of at least 4 members (excludes halogenated alkanes) is 3. The molecule has 0 amide bonds. The van der Waals surface area contributed by atoms with Gasteiger partial charge in [-0.05, 0) is 58.6 Å². The third-order valence-corrected chi connectivity index (χ3v) is 5.34. The van der Waals surface area contributed by atoms with E-state index in [1.54, 1.807) is 38.1 Å². The van der Waals surface area contributed by atoms with Crippen molar-refractivity contribution in [2.45, 2.75) is 84.7 Å². The van der Waals surface area contributed by atoms with Gasteiger partial charge in [0.05, 0.1) is 12.7 Å². The van der Waals surface area contributed by atoms with E-state index in [0.29, 0.717) is 30.8 Å². The second kappa shape index (κ2) is 15.6. The first-order chi connectivity index (χ1) is 14.8. The maximum absolute atomic E-state index is 11.9. The van der Waals surface area contributed by atoms with Gasteiger partial charge in [-0.25, -0.2) is 0 Å². The van der Waals surface area contributed by atoms with Crippen LogP contribution in [0.3, 0.4) is 0 Å². The number of carbonyl (C=O) groups is 3. The number of hydrogen-bond donors (Lipinski definition) is 1. The van der Waals surface area contributed by atoms with Gasteiger partial charge in [0.15, 0.2) is 5.78 Å². The van der Waals surface area contributed by atoms with Crippen LogP contribution < -0.4 is 4.74 Å². The molecule has 0 bridgehead atoms. The number of esters is 1. The molecule has 0 aromatic heterocycles. The number of carbonyl (C=O) groups excluding carboxylic acids is 3. The van der Waals surface area contributed by atoms with Crippen molar-refractivity contribution in [3.05, 3.63) is 29.8 Å². The van der Waals surface area contributed by atoms with Crippen LogP contribution in [0, 0.1) is 5.92 Å². The Morgan fingerprint density at radius 3 is 2.35 bits per heavy atom. The minimum absolute atomic E-state index is 0.0189. The van der Waals surface area contributed by atoms with E-state index in [1.807, 2.05) is 0 Å². The highest BCUT2D eigenvalue weighted by atomic mass is 16.5. The lowest BCUT2D eigenvalue weighted by atomic mass is 9.91. The second-order valence-electron chi connectivity index (χ2n) is 8.05. The Morgan fingerprint density at radius 1 is 0.968 bits per heavy atom. The van der Waals surface area contributed by atoms with Crippen LogP contribution in [0.5, 0.6) is 5.75 Å². The van der Waals surface area contributed by atoms with Crippen molar-refractivity contribution in [3.63, 3.8) is 0 Å². The molecular weight excluding hydrogens is 396 g/mol. The summed E-state index contributed by atoms with van der Waals surface area (Å²) in [5, 5.41) is 10.2. The highest BCUT2D eigenvalue weighted by Gasteiger charge is 2.15. The van der Waals surface area contributed by atoms with E-state index in [1.165, 1.54) is 6.92 Å². The molecule has 1 aromatic carbocycles. The molecule has 0 aliphatic heterocycles. The Balaban J connectivity index is 2.21. The Bertz CT molecular complexity index is 684. The third kappa shape index (κ3) is 12.3. The molecule has 0 radical (unpaired) electrons. The molecule has 0 saturated heterocycles. The van der Waals surface area contributed by atoms with E-state index in [9.17, 15) is 19.5 Å². The van der Waals surface area contributed by atoms with Crippen LogP contribution in [0.15, 0.2) is 24.3 Å². The Labute approximate surface area is 186 Å². The highest BCUT2D eigenvalue weighted by molar-refractivity contribution is 5.94. The number of aliphatic hydroxyl groups excluding tert-OH is 1. The lowest BCUT2D eigenvalue weighted by Crippen LogP contribution is -2.19. The van der Waals surface area contributed by atoms with Gasteiger partial charge in [0.2, 0.25) is 0 Å². The van der Waals surface area contributed by atoms with Crippen molar-refractivity contribution in [1.82, 2.24) is 0 Å². The summed E-state index contributed by atoms with van der Waals surface area (Å²) < 4.78 is 10.5. The molecule has 1 rings (SSSR count). The van der Waals surface area contributed by atoms with Gasteiger partial charge in [-0.2, -0.15) is 0 Å². The first kappa shape index (κ1) is 26.8. The molecule has 0 aliphatic carbocycles. The SMILES string of the molecule is CCOC(=O)CCCCCCC(CCCC(O)COc1cccc(C(C)=O)c1)C(C)=O. The molecule has 2 unspecified atom stereocenters. The van der Waals surface area contributed by atoms with E-state index in [2.05, 4.69) is 0 Å². The van der Waals surface area contributed by atoms with Crippen molar-refractivity contribution >= 4 is 17.5 Å². The molecule has 2 atom stereocenters. The van der Waals surface area contributed by atoms with Crippen LogP contribution in [0.1, 0.15) is 88.9 Å². The summed E-state index contributed by atoms with van der Waals surface area (Å²) in [6.45, 7) is 5.52. The van der Waals surface area contributed by atoms with Crippen LogP contribution in [0.4, 0.5) is 0 Å². The van der Waals surface area contributed by atoms with Gasteiger partial charge in [-0.3, -0.25) is 14.4 Å². The number of ether oxygens (including phenoxy) is 2. The largest absolute Gasteiger partial charge is 0.491 e. The molecule has 6 nitrogen and oxygen atoms in total. The fourth-order valence-electron chi connectivity index (χ4n) is 3.48. The molecule has 0 saturated carbocycles. The monoisotopic (exact) mass is 434 g/mol. The second-order valence-corrected chi connectivity index (χ2v) is 8.05. The number of ketones is 2. The molecule has 31 heavy (non-hydrogen) atoms. The summed E-state index contributed by atoms with van der Waals surface area (Å²) in [4.78, 5) is 34.7. The van der Waals surface area contributed by atoms with Gasteiger partial charge in [-0.1, -0.05) is 37.8 Å². The molecular formula is C25H38O6. The van der Waals surface area contributed by atoms with Crippen LogP contribution in [-0.4, -0.2) is 42.0 Å².